The van der Waals surface area contributed by atoms with Gasteiger partial charge in [0.05, 0.1) is 0 Å². The summed E-state index contributed by atoms with van der Waals surface area (Å²) in [5.41, 5.74) is 3.70. The van der Waals surface area contributed by atoms with Crippen LogP contribution in [0.1, 0.15) is 29.2 Å². The molecule has 6 heteroatoms. The monoisotopic (exact) mass is 432 g/mol. The van der Waals surface area contributed by atoms with E-state index in [2.05, 4.69) is 61.4 Å². The Morgan fingerprint density at radius 3 is 2.62 bits per heavy atom. The van der Waals surface area contributed by atoms with E-state index in [1.54, 1.807) is 14.1 Å². The highest BCUT2D eigenvalue weighted by atomic mass is 35.5. The summed E-state index contributed by atoms with van der Waals surface area (Å²) in [6.07, 6.45) is 5.00. The summed E-state index contributed by atoms with van der Waals surface area (Å²) in [4.78, 5) is 17.0. The van der Waals surface area contributed by atoms with Crippen molar-refractivity contribution in [3.63, 3.8) is 0 Å². The van der Waals surface area contributed by atoms with Gasteiger partial charge in [-0.25, -0.2) is 4.79 Å². The normalized spacial score (nSPS) is 15.8. The minimum Gasteiger partial charge on any atom is -0.410 e. The second kappa shape index (κ2) is 10.7. The van der Waals surface area contributed by atoms with Gasteiger partial charge in [-0.2, -0.15) is 0 Å². The van der Waals surface area contributed by atoms with Gasteiger partial charge in [0.15, 0.2) is 0 Å². The zero-order chi connectivity index (χ0) is 20.1. The standard InChI is InChI=1S/C23H28N2O2S.ClH/c1-17-7-10-20(11-8-17)28-15-13-22-21-12-9-19(27-23(26)24(2)3)16-18(21)6-5-14-25(22)4;/h5-12,16,22H,13-15H2,1-4H3;1H. The van der Waals surface area contributed by atoms with Crippen molar-refractivity contribution in [1.82, 2.24) is 9.80 Å². The highest BCUT2D eigenvalue weighted by Crippen LogP contribution is 2.34. The molecule has 1 aliphatic heterocycles. The van der Waals surface area contributed by atoms with Crippen LogP contribution in [-0.2, 0) is 0 Å². The lowest BCUT2D eigenvalue weighted by molar-refractivity contribution is 0.172. The van der Waals surface area contributed by atoms with Gasteiger partial charge in [-0.1, -0.05) is 35.9 Å². The third-order valence-corrected chi connectivity index (χ3v) is 5.94. The smallest absolute Gasteiger partial charge is 0.410 e. The number of carbonyl (C=O) groups excluding carboxylic acids is 1. The van der Waals surface area contributed by atoms with Gasteiger partial charge in [0.1, 0.15) is 5.75 Å². The molecule has 0 bridgehead atoms. The molecule has 1 amide bonds. The lowest BCUT2D eigenvalue weighted by Crippen LogP contribution is -2.26. The van der Waals surface area contributed by atoms with Gasteiger partial charge in [0.2, 0.25) is 0 Å². The Kier molecular flexibility index (Phi) is 8.62. The number of ether oxygens (including phenoxy) is 1. The highest BCUT2D eigenvalue weighted by Gasteiger charge is 2.21. The van der Waals surface area contributed by atoms with Gasteiger partial charge in [-0.15, -0.1) is 24.2 Å². The minimum atomic E-state index is -0.360. The molecule has 0 aromatic heterocycles. The van der Waals surface area contributed by atoms with Crippen LogP contribution in [0, 0.1) is 6.92 Å². The zero-order valence-electron chi connectivity index (χ0n) is 17.4. The molecule has 2 aromatic carbocycles. The molecule has 1 atom stereocenters. The van der Waals surface area contributed by atoms with E-state index in [0.717, 1.165) is 24.3 Å². The first-order chi connectivity index (χ1) is 13.4. The summed E-state index contributed by atoms with van der Waals surface area (Å²) >= 11 is 1.90. The third kappa shape index (κ3) is 6.26. The van der Waals surface area contributed by atoms with E-state index in [-0.39, 0.29) is 18.5 Å². The van der Waals surface area contributed by atoms with Gasteiger partial charge < -0.3 is 9.64 Å². The molecule has 156 valence electrons. The molecule has 0 aliphatic carbocycles. The molecule has 0 fully saturated rings. The number of carbonyl (C=O) groups is 1. The topological polar surface area (TPSA) is 32.8 Å². The van der Waals surface area contributed by atoms with Crippen molar-refractivity contribution in [3.8, 4) is 5.75 Å². The maximum atomic E-state index is 11.8. The first-order valence-electron chi connectivity index (χ1n) is 9.53. The second-order valence-corrected chi connectivity index (χ2v) is 8.53. The second-order valence-electron chi connectivity index (χ2n) is 7.36. The number of fused-ring (bicyclic) bond motifs is 1. The van der Waals surface area contributed by atoms with Gasteiger partial charge in [-0.05, 0) is 61.5 Å². The largest absolute Gasteiger partial charge is 0.414 e. The molecular weight excluding hydrogens is 404 g/mol. The SMILES string of the molecule is Cc1ccc(SCCC2c3ccc(OC(=O)N(C)C)cc3C=CCN2C)cc1.Cl. The fourth-order valence-corrected chi connectivity index (χ4v) is 4.17. The molecule has 1 aliphatic rings. The number of halogens is 1. The fourth-order valence-electron chi connectivity index (χ4n) is 3.27. The number of hydrogen-bond acceptors (Lipinski definition) is 4. The Bertz CT molecular complexity index is 852. The third-order valence-electron chi connectivity index (χ3n) is 4.89. The van der Waals surface area contributed by atoms with Crippen LogP contribution in [0.2, 0.25) is 0 Å². The Morgan fingerprint density at radius 2 is 1.93 bits per heavy atom. The summed E-state index contributed by atoms with van der Waals surface area (Å²) in [5.74, 6) is 1.63. The number of thioether (sulfide) groups is 1. The Hall–Kier alpha value is -1.95. The molecule has 0 radical (unpaired) electrons. The minimum absolute atomic E-state index is 0. The number of nitrogens with zero attached hydrogens (tertiary/aromatic N) is 2. The van der Waals surface area contributed by atoms with E-state index in [1.165, 1.54) is 20.9 Å². The lowest BCUT2D eigenvalue weighted by atomic mass is 9.98. The summed E-state index contributed by atoms with van der Waals surface area (Å²) in [7, 11) is 5.53. The Labute approximate surface area is 184 Å². The average molecular weight is 433 g/mol. The zero-order valence-corrected chi connectivity index (χ0v) is 19.1. The van der Waals surface area contributed by atoms with Crippen LogP contribution in [0.4, 0.5) is 4.79 Å². The number of hydrogen-bond donors (Lipinski definition) is 0. The van der Waals surface area contributed by atoms with Crippen molar-refractivity contribution in [2.45, 2.75) is 24.3 Å². The van der Waals surface area contributed by atoms with E-state index in [1.807, 2.05) is 23.9 Å². The molecule has 0 N–H and O–H groups in total. The van der Waals surface area contributed by atoms with Crippen molar-refractivity contribution in [3.05, 3.63) is 65.2 Å². The Balaban J connectivity index is 0.00000300. The predicted octanol–water partition coefficient (Wildman–Crippen LogP) is 5.66. The summed E-state index contributed by atoms with van der Waals surface area (Å²) in [6.45, 7) is 3.02. The number of amides is 1. The van der Waals surface area contributed by atoms with E-state index in [4.69, 9.17) is 4.74 Å². The van der Waals surface area contributed by atoms with E-state index < -0.39 is 0 Å². The molecule has 0 spiro atoms. The average Bonchev–Trinajstić information content (AvgIpc) is 2.82. The quantitative estimate of drug-likeness (QED) is 0.570. The van der Waals surface area contributed by atoms with Crippen LogP contribution < -0.4 is 4.74 Å². The van der Waals surface area contributed by atoms with Crippen LogP contribution in [0.15, 0.2) is 53.4 Å². The molecule has 4 nitrogen and oxygen atoms in total. The van der Waals surface area contributed by atoms with Crippen LogP contribution in [0.25, 0.3) is 6.08 Å². The maximum absolute atomic E-state index is 11.8. The lowest BCUT2D eigenvalue weighted by Gasteiger charge is -2.27. The number of aryl methyl sites for hydroxylation is 1. The van der Waals surface area contributed by atoms with Gasteiger partial charge in [-0.3, -0.25) is 4.90 Å². The molecule has 0 saturated heterocycles. The van der Waals surface area contributed by atoms with Crippen LogP contribution >= 0.6 is 24.2 Å². The summed E-state index contributed by atoms with van der Waals surface area (Å²) in [5, 5.41) is 0. The van der Waals surface area contributed by atoms with Crippen molar-refractivity contribution >= 4 is 36.3 Å². The van der Waals surface area contributed by atoms with Gasteiger partial charge in [0, 0.05) is 31.6 Å². The molecule has 3 rings (SSSR count). The van der Waals surface area contributed by atoms with Crippen LogP contribution in [0.5, 0.6) is 5.75 Å². The van der Waals surface area contributed by atoms with Gasteiger partial charge >= 0.3 is 6.09 Å². The van der Waals surface area contributed by atoms with E-state index in [9.17, 15) is 4.79 Å². The summed E-state index contributed by atoms with van der Waals surface area (Å²) < 4.78 is 5.43. The van der Waals surface area contributed by atoms with Crippen molar-refractivity contribution < 1.29 is 9.53 Å². The number of benzene rings is 2. The van der Waals surface area contributed by atoms with Crippen molar-refractivity contribution in [1.29, 1.82) is 0 Å². The van der Waals surface area contributed by atoms with Gasteiger partial charge in [0.25, 0.3) is 0 Å². The fraction of sp³-hybridized carbons (Fsp3) is 0.348. The maximum Gasteiger partial charge on any atom is 0.414 e. The predicted molar refractivity (Wildman–Crippen MR) is 124 cm³/mol. The molecule has 0 saturated carbocycles. The molecular formula is C23H29ClN2O2S. The van der Waals surface area contributed by atoms with E-state index >= 15 is 0 Å². The first-order valence-corrected chi connectivity index (χ1v) is 10.5. The van der Waals surface area contributed by atoms with E-state index in [0.29, 0.717) is 11.8 Å². The van der Waals surface area contributed by atoms with Crippen LogP contribution in [0.3, 0.4) is 0 Å². The summed E-state index contributed by atoms with van der Waals surface area (Å²) in [6, 6.07) is 15.0. The highest BCUT2D eigenvalue weighted by molar-refractivity contribution is 7.99. The number of rotatable bonds is 5. The van der Waals surface area contributed by atoms with Crippen LogP contribution in [-0.4, -0.2) is 49.3 Å². The Morgan fingerprint density at radius 1 is 1.21 bits per heavy atom. The molecule has 1 heterocycles. The molecule has 1 unspecified atom stereocenters. The molecule has 2 aromatic rings. The molecule has 29 heavy (non-hydrogen) atoms. The van der Waals surface area contributed by atoms with Crippen molar-refractivity contribution in [2.24, 2.45) is 0 Å². The van der Waals surface area contributed by atoms with Crippen molar-refractivity contribution in [2.75, 3.05) is 33.4 Å². The number of likely N-dealkylation sites (N-methyl/N-ethyl adjacent to an activating group) is 1. The first kappa shape index (κ1) is 23.3.